The van der Waals surface area contributed by atoms with Crippen LogP contribution in [0.2, 0.25) is 0 Å². The second-order valence-electron chi connectivity index (χ2n) is 5.11. The predicted octanol–water partition coefficient (Wildman–Crippen LogP) is 5.85. The zero-order chi connectivity index (χ0) is 15.4. The number of halogens is 1. The summed E-state index contributed by atoms with van der Waals surface area (Å²) in [7, 11) is 0. The number of rotatable bonds is 4. The predicted molar refractivity (Wildman–Crippen MR) is 87.7 cm³/mol. The Bertz CT molecular complexity index is 748. The van der Waals surface area contributed by atoms with Crippen molar-refractivity contribution in [2.75, 3.05) is 0 Å². The van der Waals surface area contributed by atoms with E-state index in [-0.39, 0.29) is 11.6 Å². The minimum atomic E-state index is -0.327. The summed E-state index contributed by atoms with van der Waals surface area (Å²) in [6.45, 7) is 2.00. The molecule has 0 amide bonds. The summed E-state index contributed by atoms with van der Waals surface area (Å²) in [6, 6.07) is 22.9. The van der Waals surface area contributed by atoms with Gasteiger partial charge in [-0.2, -0.15) is 0 Å². The quantitative estimate of drug-likeness (QED) is 0.586. The van der Waals surface area contributed by atoms with Gasteiger partial charge in [0.2, 0.25) is 0 Å². The van der Waals surface area contributed by atoms with E-state index in [2.05, 4.69) is 12.1 Å². The van der Waals surface area contributed by atoms with Gasteiger partial charge in [-0.1, -0.05) is 55.5 Å². The highest BCUT2D eigenvalue weighted by Crippen LogP contribution is 2.27. The third-order valence-corrected chi connectivity index (χ3v) is 3.59. The van der Waals surface area contributed by atoms with Crippen molar-refractivity contribution < 1.29 is 9.13 Å². The number of benzene rings is 3. The van der Waals surface area contributed by atoms with Gasteiger partial charge in [0.15, 0.2) is 11.6 Å². The highest BCUT2D eigenvalue weighted by molar-refractivity contribution is 5.64. The first kappa shape index (κ1) is 14.3. The normalized spacial score (nSPS) is 10.5. The molecule has 0 saturated heterocycles. The van der Waals surface area contributed by atoms with Crippen molar-refractivity contribution in [1.29, 1.82) is 0 Å². The van der Waals surface area contributed by atoms with Gasteiger partial charge < -0.3 is 4.74 Å². The molecule has 1 nitrogen and oxygen atoms in total. The van der Waals surface area contributed by atoms with E-state index < -0.39 is 0 Å². The third kappa shape index (κ3) is 3.17. The van der Waals surface area contributed by atoms with Crippen LogP contribution in [0.15, 0.2) is 72.8 Å². The fourth-order valence-corrected chi connectivity index (χ4v) is 2.32. The van der Waals surface area contributed by atoms with E-state index in [9.17, 15) is 4.39 Å². The summed E-state index contributed by atoms with van der Waals surface area (Å²) in [4.78, 5) is 0. The van der Waals surface area contributed by atoms with E-state index in [1.807, 2.05) is 55.5 Å². The van der Waals surface area contributed by atoms with Gasteiger partial charge in [0.05, 0.1) is 0 Å². The molecular weight excluding hydrogens is 275 g/mol. The molecule has 0 unspecified atom stereocenters. The highest BCUT2D eigenvalue weighted by atomic mass is 19.1. The number of hydrogen-bond acceptors (Lipinski definition) is 1. The largest absolute Gasteiger partial charge is 0.454 e. The molecule has 110 valence electrons. The molecule has 22 heavy (non-hydrogen) atoms. The zero-order valence-corrected chi connectivity index (χ0v) is 12.4. The van der Waals surface area contributed by atoms with E-state index >= 15 is 0 Å². The number of aryl methyl sites for hydroxylation is 1. The molecule has 0 fully saturated rings. The molecule has 0 aliphatic rings. The smallest absolute Gasteiger partial charge is 0.165 e. The van der Waals surface area contributed by atoms with Gasteiger partial charge in [0.1, 0.15) is 5.75 Å². The Hall–Kier alpha value is -2.61. The molecule has 0 heterocycles. The van der Waals surface area contributed by atoms with Crippen molar-refractivity contribution in [3.8, 4) is 22.6 Å². The molecule has 3 rings (SSSR count). The van der Waals surface area contributed by atoms with Crippen LogP contribution in [-0.2, 0) is 6.42 Å². The minimum Gasteiger partial charge on any atom is -0.454 e. The van der Waals surface area contributed by atoms with Gasteiger partial charge in [-0.05, 0) is 47.4 Å². The topological polar surface area (TPSA) is 9.23 Å². The summed E-state index contributed by atoms with van der Waals surface area (Å²) < 4.78 is 19.6. The first-order chi connectivity index (χ1) is 10.8. The van der Waals surface area contributed by atoms with Crippen LogP contribution in [0, 0.1) is 5.82 Å². The lowest BCUT2D eigenvalue weighted by molar-refractivity contribution is 0.442. The molecule has 0 saturated carbocycles. The molecular formula is C20H17FO. The zero-order valence-electron chi connectivity index (χ0n) is 12.4. The SMILES string of the molecule is CCc1ccc(Oc2ccc(-c3ccccc3)cc2)c(F)c1. The molecule has 0 atom stereocenters. The van der Waals surface area contributed by atoms with Crippen molar-refractivity contribution in [2.24, 2.45) is 0 Å². The van der Waals surface area contributed by atoms with Crippen molar-refractivity contribution in [2.45, 2.75) is 13.3 Å². The summed E-state index contributed by atoms with van der Waals surface area (Å²) in [6.07, 6.45) is 0.809. The molecule has 3 aromatic carbocycles. The van der Waals surface area contributed by atoms with Gasteiger partial charge in [-0.3, -0.25) is 0 Å². The van der Waals surface area contributed by atoms with Gasteiger partial charge >= 0.3 is 0 Å². The number of hydrogen-bond donors (Lipinski definition) is 0. The van der Waals surface area contributed by atoms with Crippen LogP contribution in [0.5, 0.6) is 11.5 Å². The van der Waals surface area contributed by atoms with Gasteiger partial charge in [-0.25, -0.2) is 4.39 Å². The molecule has 0 aliphatic heterocycles. The molecule has 0 bridgehead atoms. The number of ether oxygens (including phenoxy) is 1. The Balaban J connectivity index is 1.79. The first-order valence-electron chi connectivity index (χ1n) is 7.38. The van der Waals surface area contributed by atoms with E-state index in [0.717, 1.165) is 23.1 Å². The minimum absolute atomic E-state index is 0.254. The van der Waals surface area contributed by atoms with Crippen LogP contribution in [-0.4, -0.2) is 0 Å². The lowest BCUT2D eigenvalue weighted by Crippen LogP contribution is -1.90. The molecule has 0 aliphatic carbocycles. The van der Waals surface area contributed by atoms with Gasteiger partial charge in [0, 0.05) is 0 Å². The second kappa shape index (κ2) is 6.44. The molecule has 0 radical (unpaired) electrons. The van der Waals surface area contributed by atoms with E-state index in [1.165, 1.54) is 6.07 Å². The Morgan fingerprint density at radius 3 is 2.14 bits per heavy atom. The Labute approximate surface area is 130 Å². The average molecular weight is 292 g/mol. The van der Waals surface area contributed by atoms with E-state index in [4.69, 9.17) is 4.74 Å². The van der Waals surface area contributed by atoms with Crippen LogP contribution in [0.3, 0.4) is 0 Å². The van der Waals surface area contributed by atoms with Crippen LogP contribution in [0.4, 0.5) is 4.39 Å². The second-order valence-corrected chi connectivity index (χ2v) is 5.11. The first-order valence-corrected chi connectivity index (χ1v) is 7.38. The van der Waals surface area contributed by atoms with Crippen molar-refractivity contribution in [3.63, 3.8) is 0 Å². The monoisotopic (exact) mass is 292 g/mol. The van der Waals surface area contributed by atoms with Gasteiger partial charge in [-0.15, -0.1) is 0 Å². The van der Waals surface area contributed by atoms with Crippen LogP contribution in [0.25, 0.3) is 11.1 Å². The Kier molecular flexibility index (Phi) is 4.19. The third-order valence-electron chi connectivity index (χ3n) is 3.59. The van der Waals surface area contributed by atoms with Crippen LogP contribution >= 0.6 is 0 Å². The van der Waals surface area contributed by atoms with Gasteiger partial charge in [0.25, 0.3) is 0 Å². The molecule has 0 aromatic heterocycles. The summed E-state index contributed by atoms with van der Waals surface area (Å²) >= 11 is 0. The lowest BCUT2D eigenvalue weighted by atomic mass is 10.1. The molecule has 3 aromatic rings. The lowest BCUT2D eigenvalue weighted by Gasteiger charge is -2.09. The molecule has 0 spiro atoms. The Morgan fingerprint density at radius 2 is 1.50 bits per heavy atom. The maximum atomic E-state index is 13.9. The summed E-state index contributed by atoms with van der Waals surface area (Å²) in [5.41, 5.74) is 3.21. The summed E-state index contributed by atoms with van der Waals surface area (Å²) in [5, 5.41) is 0. The van der Waals surface area contributed by atoms with Crippen molar-refractivity contribution in [1.82, 2.24) is 0 Å². The summed E-state index contributed by atoms with van der Waals surface area (Å²) in [5.74, 6) is 0.555. The fourth-order valence-electron chi connectivity index (χ4n) is 2.32. The van der Waals surface area contributed by atoms with Crippen molar-refractivity contribution in [3.05, 3.63) is 84.2 Å². The molecule has 0 N–H and O–H groups in total. The van der Waals surface area contributed by atoms with Crippen LogP contribution in [0.1, 0.15) is 12.5 Å². The molecule has 2 heteroatoms. The van der Waals surface area contributed by atoms with E-state index in [0.29, 0.717) is 5.75 Å². The fraction of sp³-hybridized carbons (Fsp3) is 0.100. The average Bonchev–Trinajstić information content (AvgIpc) is 2.58. The standard InChI is InChI=1S/C20H17FO/c1-2-15-8-13-20(19(21)14-15)22-18-11-9-17(10-12-18)16-6-4-3-5-7-16/h3-14H,2H2,1H3. The Morgan fingerprint density at radius 1 is 0.818 bits per heavy atom. The maximum absolute atomic E-state index is 13.9. The van der Waals surface area contributed by atoms with Crippen LogP contribution < -0.4 is 4.74 Å². The highest BCUT2D eigenvalue weighted by Gasteiger charge is 2.06. The van der Waals surface area contributed by atoms with Crippen molar-refractivity contribution >= 4 is 0 Å². The van der Waals surface area contributed by atoms with E-state index in [1.54, 1.807) is 6.07 Å². The maximum Gasteiger partial charge on any atom is 0.165 e.